The summed E-state index contributed by atoms with van der Waals surface area (Å²) >= 11 is 0. The number of benzene rings is 1. The van der Waals surface area contributed by atoms with Gasteiger partial charge in [-0.05, 0) is 25.1 Å². The molecule has 0 aliphatic carbocycles. The van der Waals surface area contributed by atoms with E-state index in [0.29, 0.717) is 0 Å². The minimum Gasteiger partial charge on any atom is -0.0785 e. The van der Waals surface area contributed by atoms with Crippen LogP contribution in [0, 0.1) is 6.92 Å². The highest BCUT2D eigenvalue weighted by molar-refractivity contribution is 7.64. The van der Waals surface area contributed by atoms with Gasteiger partial charge in [0, 0.05) is 0 Å². The molecular weight excluding hydrogens is 163 g/mol. The van der Waals surface area contributed by atoms with Gasteiger partial charge in [0.2, 0.25) is 0 Å². The number of hydrogen-bond donors (Lipinski definition) is 0. The molecule has 1 atom stereocenters. The van der Waals surface area contributed by atoms with Gasteiger partial charge in [0.15, 0.2) is 0 Å². The van der Waals surface area contributed by atoms with Crippen molar-refractivity contribution in [2.75, 3.05) is 12.8 Å². The van der Waals surface area contributed by atoms with Gasteiger partial charge in [0.25, 0.3) is 0 Å². The predicted molar refractivity (Wildman–Crippen MR) is 58.8 cm³/mol. The summed E-state index contributed by atoms with van der Waals surface area (Å²) in [6.45, 7) is 6.79. The molecule has 0 spiro atoms. The van der Waals surface area contributed by atoms with Gasteiger partial charge in [-0.15, -0.1) is 0 Å². The van der Waals surface area contributed by atoms with Crippen molar-refractivity contribution in [1.82, 2.24) is 0 Å². The summed E-state index contributed by atoms with van der Waals surface area (Å²) in [5, 5.41) is 1.55. The molecule has 1 unspecified atom stereocenters. The summed E-state index contributed by atoms with van der Waals surface area (Å²) in [5.41, 5.74) is 1.39. The first-order valence-corrected chi connectivity index (χ1v) is 6.49. The Morgan fingerprint density at radius 3 is 2.67 bits per heavy atom. The van der Waals surface area contributed by atoms with E-state index in [1.807, 2.05) is 0 Å². The summed E-state index contributed by atoms with van der Waals surface area (Å²) in [4.78, 5) is 0. The molecule has 0 saturated heterocycles. The Bertz CT molecular complexity index is 243. The first-order chi connectivity index (χ1) is 5.74. The molecule has 1 aromatic rings. The molecule has 66 valence electrons. The zero-order valence-corrected chi connectivity index (χ0v) is 9.07. The van der Waals surface area contributed by atoms with Gasteiger partial charge in [-0.25, -0.2) is 0 Å². The fraction of sp³-hybridized carbons (Fsp3) is 0.455. The van der Waals surface area contributed by atoms with Crippen molar-refractivity contribution < 1.29 is 0 Å². The van der Waals surface area contributed by atoms with Gasteiger partial charge < -0.3 is 0 Å². The van der Waals surface area contributed by atoms with Crippen LogP contribution in [0.5, 0.6) is 0 Å². The smallest absolute Gasteiger partial charge is 0.0240 e. The molecule has 0 aromatic heterocycles. The first-order valence-electron chi connectivity index (χ1n) is 4.52. The molecule has 0 nitrogen and oxygen atoms in total. The number of aryl methyl sites for hydroxylation is 1. The Morgan fingerprint density at radius 1 is 1.33 bits per heavy atom. The maximum absolute atomic E-state index is 2.37. The summed E-state index contributed by atoms with van der Waals surface area (Å²) in [5.74, 6) is 0. The van der Waals surface area contributed by atoms with Crippen LogP contribution in [0.25, 0.3) is 0 Å². The largest absolute Gasteiger partial charge is 0.0785 e. The minimum absolute atomic E-state index is 0.108. The minimum atomic E-state index is 0.108. The lowest BCUT2D eigenvalue weighted by molar-refractivity contribution is 1.10. The van der Waals surface area contributed by atoms with Crippen molar-refractivity contribution in [3.63, 3.8) is 0 Å². The van der Waals surface area contributed by atoms with Crippen LogP contribution < -0.4 is 5.30 Å². The van der Waals surface area contributed by atoms with Crippen LogP contribution >= 0.6 is 7.92 Å². The second-order valence-corrected chi connectivity index (χ2v) is 5.62. The molecule has 1 aromatic carbocycles. The van der Waals surface area contributed by atoms with Crippen LogP contribution in [-0.2, 0) is 0 Å². The zero-order valence-electron chi connectivity index (χ0n) is 8.17. The standard InChI is InChI=1S/C11H17P/c1-4-8-12(3)11-7-5-6-10(2)9-11/h5-7,9H,4,8H2,1-3H3. The molecule has 0 amide bonds. The fourth-order valence-electron chi connectivity index (χ4n) is 1.33. The molecule has 0 aliphatic rings. The molecule has 0 bridgehead atoms. The molecule has 1 heteroatoms. The van der Waals surface area contributed by atoms with E-state index in [1.165, 1.54) is 18.1 Å². The highest BCUT2D eigenvalue weighted by Gasteiger charge is 2.02. The highest BCUT2D eigenvalue weighted by atomic mass is 31.1. The Labute approximate surface area is 76.8 Å². The molecule has 0 heterocycles. The van der Waals surface area contributed by atoms with Gasteiger partial charge in [-0.1, -0.05) is 51.1 Å². The summed E-state index contributed by atoms with van der Waals surface area (Å²) in [7, 11) is 0.108. The summed E-state index contributed by atoms with van der Waals surface area (Å²) in [6, 6.07) is 8.91. The Morgan fingerprint density at radius 2 is 2.08 bits per heavy atom. The topological polar surface area (TPSA) is 0 Å². The SMILES string of the molecule is CCCP(C)c1cccc(C)c1. The number of rotatable bonds is 3. The Kier molecular flexibility index (Phi) is 3.75. The lowest BCUT2D eigenvalue weighted by Gasteiger charge is -2.11. The van der Waals surface area contributed by atoms with Gasteiger partial charge in [0.1, 0.15) is 0 Å². The van der Waals surface area contributed by atoms with E-state index in [-0.39, 0.29) is 7.92 Å². The van der Waals surface area contributed by atoms with E-state index in [4.69, 9.17) is 0 Å². The van der Waals surface area contributed by atoms with E-state index in [2.05, 4.69) is 44.8 Å². The van der Waals surface area contributed by atoms with Crippen molar-refractivity contribution in [3.05, 3.63) is 29.8 Å². The molecule has 1 rings (SSSR count). The third kappa shape index (κ3) is 2.60. The Balaban J connectivity index is 2.73. The van der Waals surface area contributed by atoms with E-state index in [1.54, 1.807) is 5.30 Å². The molecule has 0 N–H and O–H groups in total. The van der Waals surface area contributed by atoms with Gasteiger partial charge >= 0.3 is 0 Å². The third-order valence-corrected chi connectivity index (χ3v) is 4.28. The van der Waals surface area contributed by atoms with Crippen molar-refractivity contribution in [2.24, 2.45) is 0 Å². The third-order valence-electron chi connectivity index (χ3n) is 2.00. The molecule has 12 heavy (non-hydrogen) atoms. The molecule has 0 fully saturated rings. The van der Waals surface area contributed by atoms with E-state index in [9.17, 15) is 0 Å². The number of hydrogen-bond acceptors (Lipinski definition) is 0. The van der Waals surface area contributed by atoms with E-state index < -0.39 is 0 Å². The van der Waals surface area contributed by atoms with Crippen molar-refractivity contribution in [3.8, 4) is 0 Å². The fourth-order valence-corrected chi connectivity index (χ4v) is 3.02. The second-order valence-electron chi connectivity index (χ2n) is 3.26. The monoisotopic (exact) mass is 180 g/mol. The predicted octanol–water partition coefficient (Wildman–Crippen LogP) is 3.14. The molecule has 0 saturated carbocycles. The average molecular weight is 180 g/mol. The van der Waals surface area contributed by atoms with Crippen LogP contribution in [0.3, 0.4) is 0 Å². The maximum Gasteiger partial charge on any atom is -0.0240 e. The van der Waals surface area contributed by atoms with Crippen LogP contribution in [0.4, 0.5) is 0 Å². The molecular formula is C11H17P. The lowest BCUT2D eigenvalue weighted by atomic mass is 10.2. The van der Waals surface area contributed by atoms with Gasteiger partial charge in [-0.3, -0.25) is 0 Å². The lowest BCUT2D eigenvalue weighted by Crippen LogP contribution is -2.01. The van der Waals surface area contributed by atoms with Crippen LogP contribution in [0.15, 0.2) is 24.3 Å². The van der Waals surface area contributed by atoms with Crippen LogP contribution in [-0.4, -0.2) is 12.8 Å². The normalized spacial score (nSPS) is 12.9. The maximum atomic E-state index is 2.37. The average Bonchev–Trinajstić information content (AvgIpc) is 2.05. The van der Waals surface area contributed by atoms with E-state index in [0.717, 1.165) is 0 Å². The summed E-state index contributed by atoms with van der Waals surface area (Å²) < 4.78 is 0. The highest BCUT2D eigenvalue weighted by Crippen LogP contribution is 2.29. The van der Waals surface area contributed by atoms with Gasteiger partial charge in [-0.2, -0.15) is 0 Å². The van der Waals surface area contributed by atoms with Crippen molar-refractivity contribution >= 4 is 13.2 Å². The van der Waals surface area contributed by atoms with E-state index >= 15 is 0 Å². The summed E-state index contributed by atoms with van der Waals surface area (Å²) in [6.07, 6.45) is 2.66. The first kappa shape index (κ1) is 9.74. The van der Waals surface area contributed by atoms with Gasteiger partial charge in [0.05, 0.1) is 0 Å². The molecule has 0 aliphatic heterocycles. The quantitative estimate of drug-likeness (QED) is 0.627. The Hall–Kier alpha value is -0.350. The molecule has 0 radical (unpaired) electrons. The van der Waals surface area contributed by atoms with Crippen molar-refractivity contribution in [2.45, 2.75) is 20.3 Å². The van der Waals surface area contributed by atoms with Crippen molar-refractivity contribution in [1.29, 1.82) is 0 Å². The second kappa shape index (κ2) is 4.62. The van der Waals surface area contributed by atoms with Crippen LogP contribution in [0.1, 0.15) is 18.9 Å². The zero-order chi connectivity index (χ0) is 8.97. The van der Waals surface area contributed by atoms with Crippen LogP contribution in [0.2, 0.25) is 0 Å².